The highest BCUT2D eigenvalue weighted by molar-refractivity contribution is 6.30. The van der Waals surface area contributed by atoms with Gasteiger partial charge in [0.05, 0.1) is 24.5 Å². The van der Waals surface area contributed by atoms with Crippen LogP contribution in [-0.2, 0) is 14.3 Å². The van der Waals surface area contributed by atoms with Gasteiger partial charge in [-0.05, 0) is 37.4 Å². The van der Waals surface area contributed by atoms with Gasteiger partial charge in [0.25, 0.3) is 0 Å². The lowest BCUT2D eigenvalue weighted by molar-refractivity contribution is -0.150. The van der Waals surface area contributed by atoms with Crippen LogP contribution >= 0.6 is 11.6 Å². The van der Waals surface area contributed by atoms with Gasteiger partial charge in [0.15, 0.2) is 11.9 Å². The van der Waals surface area contributed by atoms with Gasteiger partial charge in [0, 0.05) is 74.2 Å². The minimum absolute atomic E-state index is 0.0501. The fourth-order valence-corrected chi connectivity index (χ4v) is 4.97. The molecule has 3 aromatic rings. The van der Waals surface area contributed by atoms with E-state index in [1.165, 1.54) is 18.2 Å². The number of carboxylic acid groups (broad SMARTS) is 1. The summed E-state index contributed by atoms with van der Waals surface area (Å²) < 4.78 is 20.0. The molecule has 12 nitrogen and oxygen atoms in total. The minimum atomic E-state index is -1.08. The third-order valence-corrected chi connectivity index (χ3v) is 7.41. The molecule has 0 saturated carbocycles. The van der Waals surface area contributed by atoms with Crippen LogP contribution in [0.2, 0.25) is 5.02 Å². The number of hydrogen-bond acceptors (Lipinski definition) is 10. The Bertz CT molecular complexity index is 1440. The van der Waals surface area contributed by atoms with Gasteiger partial charge in [0.2, 0.25) is 5.91 Å². The van der Waals surface area contributed by atoms with E-state index < -0.39 is 17.9 Å². The number of carbonyl (C=O) groups excluding carboxylic acids is 1. The number of ether oxygens (including phenoxy) is 1. The fraction of sp³-hybridized carbons (Fsp3) is 0.393. The Morgan fingerprint density at radius 2 is 1.93 bits per heavy atom. The van der Waals surface area contributed by atoms with E-state index in [1.807, 2.05) is 0 Å². The van der Waals surface area contributed by atoms with E-state index in [-0.39, 0.29) is 30.3 Å². The lowest BCUT2D eigenvalue weighted by atomic mass is 10.1. The van der Waals surface area contributed by atoms with Crippen LogP contribution in [0.1, 0.15) is 6.42 Å². The molecule has 4 heterocycles. The van der Waals surface area contributed by atoms with Crippen molar-refractivity contribution in [1.82, 2.24) is 25.0 Å². The lowest BCUT2D eigenvalue weighted by Gasteiger charge is -2.32. The summed E-state index contributed by atoms with van der Waals surface area (Å²) in [6.07, 6.45) is 0.865. The van der Waals surface area contributed by atoms with Crippen LogP contribution in [0, 0.1) is 5.82 Å². The molecule has 5 rings (SSSR count). The quantitative estimate of drug-likeness (QED) is 0.335. The first-order chi connectivity index (χ1) is 20.2. The topological polar surface area (TPSA) is 136 Å². The smallest absolute Gasteiger partial charge is 0.334 e. The number of carbonyl (C=O) groups is 2. The van der Waals surface area contributed by atoms with E-state index in [1.54, 1.807) is 29.3 Å². The molecule has 2 aliphatic rings. The largest absolute Gasteiger partial charge is 0.479 e. The lowest BCUT2D eigenvalue weighted by Crippen LogP contribution is -2.46. The van der Waals surface area contributed by atoms with Gasteiger partial charge in [-0.3, -0.25) is 4.79 Å². The van der Waals surface area contributed by atoms with Crippen molar-refractivity contribution in [3.63, 3.8) is 0 Å². The standard InChI is InChI=1S/C28H32ClFN8O4/c1-36-8-10-37(11-9-36)7-5-26(39)33-25-15-19(4-6-31-25)32-23-16-22(20-14-18(29)2-3-21(20)30)34-35-27(23)38-12-13-42-24(17-38)28(40)41/h2-4,6,14-16,24H,5,7-13,17H2,1H3,(H,40,41)(H2,31,32,33,34,39). The molecule has 0 radical (unpaired) electrons. The molecule has 2 aromatic heterocycles. The number of anilines is 4. The first kappa shape index (κ1) is 29.6. The van der Waals surface area contributed by atoms with E-state index in [9.17, 15) is 19.1 Å². The summed E-state index contributed by atoms with van der Waals surface area (Å²) in [6, 6.07) is 9.17. The number of amides is 1. The SMILES string of the molecule is CN1CCN(CCC(=O)Nc2cc(Nc3cc(-c4cc(Cl)ccc4F)nnc3N3CCOC(C(=O)O)C3)ccn2)CC1. The molecule has 1 amide bonds. The van der Waals surface area contributed by atoms with E-state index >= 15 is 0 Å². The van der Waals surface area contributed by atoms with E-state index in [2.05, 4.69) is 42.7 Å². The highest BCUT2D eigenvalue weighted by Crippen LogP contribution is 2.33. The number of carboxylic acids is 1. The van der Waals surface area contributed by atoms with Crippen molar-refractivity contribution in [3.05, 3.63) is 53.4 Å². The molecule has 1 atom stereocenters. The number of aromatic nitrogens is 3. The summed E-state index contributed by atoms with van der Waals surface area (Å²) in [7, 11) is 2.09. The predicted molar refractivity (Wildman–Crippen MR) is 157 cm³/mol. The van der Waals surface area contributed by atoms with Crippen molar-refractivity contribution < 1.29 is 23.8 Å². The zero-order chi connectivity index (χ0) is 29.6. The number of aliphatic carboxylic acids is 1. The second-order valence-electron chi connectivity index (χ2n) is 10.2. The molecule has 222 valence electrons. The van der Waals surface area contributed by atoms with Gasteiger partial charge in [-0.2, -0.15) is 0 Å². The van der Waals surface area contributed by atoms with E-state index in [4.69, 9.17) is 16.3 Å². The van der Waals surface area contributed by atoms with Gasteiger partial charge in [-0.15, -0.1) is 10.2 Å². The fourth-order valence-electron chi connectivity index (χ4n) is 4.80. The number of morpholine rings is 1. The third-order valence-electron chi connectivity index (χ3n) is 7.18. The number of pyridine rings is 1. The number of piperazine rings is 1. The number of hydrogen-bond donors (Lipinski definition) is 3. The number of likely N-dealkylation sites (N-methyl/N-ethyl adjacent to an activating group) is 1. The van der Waals surface area contributed by atoms with Crippen LogP contribution in [0.5, 0.6) is 0 Å². The van der Waals surface area contributed by atoms with Crippen LogP contribution in [0.25, 0.3) is 11.3 Å². The Morgan fingerprint density at radius 1 is 1.12 bits per heavy atom. The van der Waals surface area contributed by atoms with E-state index in [0.717, 1.165) is 26.2 Å². The van der Waals surface area contributed by atoms with Crippen molar-refractivity contribution in [1.29, 1.82) is 0 Å². The van der Waals surface area contributed by atoms with Crippen molar-refractivity contribution in [3.8, 4) is 11.3 Å². The molecule has 14 heteroatoms. The highest BCUT2D eigenvalue weighted by Gasteiger charge is 2.29. The highest BCUT2D eigenvalue weighted by atomic mass is 35.5. The van der Waals surface area contributed by atoms with Gasteiger partial charge in [-0.1, -0.05) is 11.6 Å². The minimum Gasteiger partial charge on any atom is -0.479 e. The van der Waals surface area contributed by atoms with Crippen molar-refractivity contribution in [2.24, 2.45) is 0 Å². The summed E-state index contributed by atoms with van der Waals surface area (Å²) in [5.41, 5.74) is 1.42. The molecule has 1 unspecified atom stereocenters. The molecule has 3 N–H and O–H groups in total. The normalized spacial score (nSPS) is 18.1. The van der Waals surface area contributed by atoms with Crippen molar-refractivity contribution >= 4 is 46.5 Å². The number of rotatable bonds is 9. The summed E-state index contributed by atoms with van der Waals surface area (Å²) in [5, 5.41) is 24.5. The van der Waals surface area contributed by atoms with Crippen molar-refractivity contribution in [2.75, 3.05) is 75.0 Å². The number of benzene rings is 1. The second-order valence-corrected chi connectivity index (χ2v) is 10.7. The average Bonchev–Trinajstić information content (AvgIpc) is 2.98. The third kappa shape index (κ3) is 7.48. The zero-order valence-corrected chi connectivity index (χ0v) is 23.8. The van der Waals surface area contributed by atoms with Gasteiger partial charge in [0.1, 0.15) is 11.6 Å². The maximum atomic E-state index is 14.7. The van der Waals surface area contributed by atoms with Gasteiger partial charge >= 0.3 is 5.97 Å². The Hall–Kier alpha value is -3.91. The van der Waals surface area contributed by atoms with Crippen LogP contribution in [-0.4, -0.2) is 108 Å². The molecule has 0 spiro atoms. The Kier molecular flexibility index (Phi) is 9.42. The molecular formula is C28H32ClFN8O4. The van der Waals surface area contributed by atoms with Crippen LogP contribution in [0.3, 0.4) is 0 Å². The monoisotopic (exact) mass is 598 g/mol. The predicted octanol–water partition coefficient (Wildman–Crippen LogP) is 2.94. The van der Waals surface area contributed by atoms with Crippen molar-refractivity contribution in [2.45, 2.75) is 12.5 Å². The Morgan fingerprint density at radius 3 is 2.71 bits per heavy atom. The van der Waals surface area contributed by atoms with Crippen LogP contribution in [0.15, 0.2) is 42.6 Å². The zero-order valence-electron chi connectivity index (χ0n) is 23.1. The molecule has 2 saturated heterocycles. The van der Waals surface area contributed by atoms with E-state index in [0.29, 0.717) is 47.5 Å². The van der Waals surface area contributed by atoms with Gasteiger partial charge < -0.3 is 35.2 Å². The molecule has 2 fully saturated rings. The maximum Gasteiger partial charge on any atom is 0.334 e. The average molecular weight is 599 g/mol. The summed E-state index contributed by atoms with van der Waals surface area (Å²) in [4.78, 5) is 34.8. The molecule has 2 aliphatic heterocycles. The molecular weight excluding hydrogens is 567 g/mol. The second kappa shape index (κ2) is 13.4. The number of halogens is 2. The summed E-state index contributed by atoms with van der Waals surface area (Å²) >= 11 is 6.11. The Labute approximate surface area is 247 Å². The maximum absolute atomic E-state index is 14.7. The molecule has 0 aliphatic carbocycles. The number of nitrogens with zero attached hydrogens (tertiary/aromatic N) is 6. The molecule has 0 bridgehead atoms. The molecule has 1 aromatic carbocycles. The first-order valence-corrected chi connectivity index (χ1v) is 14.0. The number of nitrogens with one attached hydrogen (secondary N) is 2. The summed E-state index contributed by atoms with van der Waals surface area (Å²) in [5.74, 6) is -1.01. The van der Waals surface area contributed by atoms with Crippen LogP contribution in [0.4, 0.5) is 27.4 Å². The molecule has 42 heavy (non-hydrogen) atoms. The Balaban J connectivity index is 1.36. The first-order valence-electron chi connectivity index (χ1n) is 13.6. The van der Waals surface area contributed by atoms with Gasteiger partial charge in [-0.25, -0.2) is 14.2 Å². The van der Waals surface area contributed by atoms with Crippen LogP contribution < -0.4 is 15.5 Å². The summed E-state index contributed by atoms with van der Waals surface area (Å²) in [6.45, 7) is 5.11.